The second kappa shape index (κ2) is 7.24. The van der Waals surface area contributed by atoms with Crippen LogP contribution in [-0.2, 0) is 11.2 Å². The van der Waals surface area contributed by atoms with Gasteiger partial charge in [0.25, 0.3) is 0 Å². The zero-order valence-corrected chi connectivity index (χ0v) is 12.0. The Balaban J connectivity index is 0.00000289. The molecule has 1 unspecified atom stereocenters. The fraction of sp³-hybridized carbons (Fsp3) is 0.462. The second-order valence-electron chi connectivity index (χ2n) is 4.20. The highest BCUT2D eigenvalue weighted by Gasteiger charge is 2.11. The van der Waals surface area contributed by atoms with Crippen LogP contribution in [0.25, 0.3) is 0 Å². The fourth-order valence-electron chi connectivity index (χ4n) is 1.66. The van der Waals surface area contributed by atoms with Gasteiger partial charge in [-0.05, 0) is 43.5 Å². The Morgan fingerprint density at radius 2 is 2.00 bits per heavy atom. The van der Waals surface area contributed by atoms with E-state index < -0.39 is 0 Å². The third kappa shape index (κ3) is 4.55. The molecule has 0 spiro atoms. The summed E-state index contributed by atoms with van der Waals surface area (Å²) in [5, 5.41) is 0. The zero-order chi connectivity index (χ0) is 13.0. The zero-order valence-electron chi connectivity index (χ0n) is 11.1. The second-order valence-corrected chi connectivity index (χ2v) is 4.20. The van der Waals surface area contributed by atoms with Crippen LogP contribution in [0.3, 0.4) is 0 Å². The summed E-state index contributed by atoms with van der Waals surface area (Å²) >= 11 is 0. The van der Waals surface area contributed by atoms with Crippen LogP contribution in [0.1, 0.15) is 25.0 Å². The van der Waals surface area contributed by atoms with Gasteiger partial charge >= 0.3 is 5.97 Å². The van der Waals surface area contributed by atoms with E-state index >= 15 is 0 Å². The minimum absolute atomic E-state index is 0. The molecule has 5 heteroatoms. The Morgan fingerprint density at radius 1 is 1.39 bits per heavy atom. The molecule has 1 atom stereocenters. The van der Waals surface area contributed by atoms with Crippen LogP contribution < -0.4 is 15.2 Å². The number of nitrogens with two attached hydrogens (primary N) is 1. The molecule has 0 saturated heterocycles. The smallest absolute Gasteiger partial charge is 0.308 e. The molecule has 1 rings (SSSR count). The molecule has 2 N–H and O–H groups in total. The minimum Gasteiger partial charge on any atom is -0.496 e. The normalized spacial score (nSPS) is 11.4. The Labute approximate surface area is 114 Å². The van der Waals surface area contributed by atoms with Gasteiger partial charge in [0.2, 0.25) is 0 Å². The predicted molar refractivity (Wildman–Crippen MR) is 73.6 cm³/mol. The molecule has 0 bridgehead atoms. The first-order chi connectivity index (χ1) is 7.93. The van der Waals surface area contributed by atoms with Gasteiger partial charge in [-0.25, -0.2) is 0 Å². The van der Waals surface area contributed by atoms with Crippen LogP contribution in [0, 0.1) is 6.92 Å². The van der Waals surface area contributed by atoms with Crippen molar-refractivity contribution >= 4 is 18.4 Å². The molecule has 0 aliphatic rings. The molecule has 4 nitrogen and oxygen atoms in total. The summed E-state index contributed by atoms with van der Waals surface area (Å²) in [5.74, 6) is 1.01. The number of carbonyl (C=O) groups is 1. The number of benzene rings is 1. The van der Waals surface area contributed by atoms with Gasteiger partial charge in [-0.1, -0.05) is 0 Å². The molecule has 0 radical (unpaired) electrons. The van der Waals surface area contributed by atoms with Crippen LogP contribution in [-0.4, -0.2) is 19.1 Å². The molecule has 0 aromatic heterocycles. The van der Waals surface area contributed by atoms with Crippen molar-refractivity contribution in [2.75, 3.05) is 7.11 Å². The molecule has 0 heterocycles. The molecule has 1 aromatic rings. The average Bonchev–Trinajstić information content (AvgIpc) is 2.21. The van der Waals surface area contributed by atoms with Gasteiger partial charge < -0.3 is 15.2 Å². The molecule has 102 valence electrons. The van der Waals surface area contributed by atoms with Crippen molar-refractivity contribution in [3.05, 3.63) is 23.3 Å². The number of halogens is 1. The molecule has 1 aromatic carbocycles. The van der Waals surface area contributed by atoms with E-state index in [0.717, 1.165) is 16.9 Å². The molecular weight excluding hydrogens is 254 g/mol. The highest BCUT2D eigenvalue weighted by Crippen LogP contribution is 2.29. The first-order valence-corrected chi connectivity index (χ1v) is 5.55. The van der Waals surface area contributed by atoms with Crippen LogP contribution in [0.5, 0.6) is 11.5 Å². The van der Waals surface area contributed by atoms with E-state index in [0.29, 0.717) is 12.2 Å². The van der Waals surface area contributed by atoms with Gasteiger partial charge in [-0.3, -0.25) is 4.79 Å². The molecule has 0 amide bonds. The van der Waals surface area contributed by atoms with E-state index in [1.807, 2.05) is 26.0 Å². The molecule has 0 fully saturated rings. The van der Waals surface area contributed by atoms with Gasteiger partial charge in [-0.2, -0.15) is 0 Å². The van der Waals surface area contributed by atoms with Crippen molar-refractivity contribution in [2.45, 2.75) is 33.2 Å². The lowest BCUT2D eigenvalue weighted by Gasteiger charge is -2.14. The van der Waals surface area contributed by atoms with E-state index in [9.17, 15) is 4.79 Å². The Bertz CT molecular complexity index is 419. The van der Waals surface area contributed by atoms with Gasteiger partial charge in [0.1, 0.15) is 11.5 Å². The summed E-state index contributed by atoms with van der Waals surface area (Å²) in [6.45, 7) is 5.18. The maximum Gasteiger partial charge on any atom is 0.308 e. The van der Waals surface area contributed by atoms with Crippen molar-refractivity contribution < 1.29 is 14.3 Å². The first-order valence-electron chi connectivity index (χ1n) is 5.55. The van der Waals surface area contributed by atoms with Crippen molar-refractivity contribution in [2.24, 2.45) is 5.73 Å². The highest BCUT2D eigenvalue weighted by atomic mass is 35.5. The maximum atomic E-state index is 11.0. The van der Waals surface area contributed by atoms with Gasteiger partial charge in [0.05, 0.1) is 7.11 Å². The van der Waals surface area contributed by atoms with Crippen molar-refractivity contribution in [3.63, 3.8) is 0 Å². The Hall–Kier alpha value is -1.26. The number of methoxy groups -OCH3 is 1. The summed E-state index contributed by atoms with van der Waals surface area (Å²) in [6, 6.07) is 3.70. The fourth-order valence-corrected chi connectivity index (χ4v) is 1.66. The number of ether oxygens (including phenoxy) is 2. The summed E-state index contributed by atoms with van der Waals surface area (Å²) in [6.07, 6.45) is 0.678. The monoisotopic (exact) mass is 273 g/mol. The molecule has 0 saturated carbocycles. The van der Waals surface area contributed by atoms with E-state index in [2.05, 4.69) is 0 Å². The average molecular weight is 274 g/mol. The topological polar surface area (TPSA) is 61.5 Å². The third-order valence-corrected chi connectivity index (χ3v) is 2.37. The van der Waals surface area contributed by atoms with Crippen molar-refractivity contribution in [3.8, 4) is 11.5 Å². The number of aryl methyl sites for hydroxylation is 1. The standard InChI is InChI=1S/C13H19NO3.ClH/c1-8-5-13(16-4)11(6-9(2)14)7-12(8)17-10(3)15;/h5,7,9H,6,14H2,1-4H3;1H. The van der Waals surface area contributed by atoms with Crippen LogP contribution in [0.15, 0.2) is 12.1 Å². The predicted octanol–water partition coefficient (Wildman–Crippen LogP) is 2.24. The van der Waals surface area contributed by atoms with Crippen molar-refractivity contribution in [1.29, 1.82) is 0 Å². The summed E-state index contributed by atoms with van der Waals surface area (Å²) in [4.78, 5) is 11.0. The largest absolute Gasteiger partial charge is 0.496 e. The van der Waals surface area contributed by atoms with Crippen LogP contribution in [0.2, 0.25) is 0 Å². The lowest BCUT2D eigenvalue weighted by Crippen LogP contribution is -2.18. The Kier molecular flexibility index (Phi) is 6.73. The first kappa shape index (κ1) is 16.7. The van der Waals surface area contributed by atoms with E-state index in [4.69, 9.17) is 15.2 Å². The molecule has 0 aliphatic heterocycles. The van der Waals surface area contributed by atoms with Gasteiger partial charge in [0.15, 0.2) is 0 Å². The number of hydrogen-bond donors (Lipinski definition) is 1. The maximum absolute atomic E-state index is 11.0. The van der Waals surface area contributed by atoms with Crippen LogP contribution >= 0.6 is 12.4 Å². The number of rotatable bonds is 4. The Morgan fingerprint density at radius 3 is 2.44 bits per heavy atom. The minimum atomic E-state index is -0.329. The third-order valence-electron chi connectivity index (χ3n) is 2.37. The number of hydrogen-bond acceptors (Lipinski definition) is 4. The van der Waals surface area contributed by atoms with Crippen molar-refractivity contribution in [1.82, 2.24) is 0 Å². The van der Waals surface area contributed by atoms with Gasteiger partial charge in [0, 0.05) is 13.0 Å². The molecule has 18 heavy (non-hydrogen) atoms. The van der Waals surface area contributed by atoms with E-state index in [1.165, 1.54) is 6.92 Å². The quantitative estimate of drug-likeness (QED) is 0.675. The number of esters is 1. The summed E-state index contributed by atoms with van der Waals surface area (Å²) < 4.78 is 10.4. The van der Waals surface area contributed by atoms with Gasteiger partial charge in [-0.15, -0.1) is 12.4 Å². The summed E-state index contributed by atoms with van der Waals surface area (Å²) in [5.41, 5.74) is 7.59. The molecular formula is C13H20ClNO3. The highest BCUT2D eigenvalue weighted by molar-refractivity contribution is 5.85. The lowest BCUT2D eigenvalue weighted by molar-refractivity contribution is -0.131. The van der Waals surface area contributed by atoms with E-state index in [-0.39, 0.29) is 24.4 Å². The van der Waals surface area contributed by atoms with E-state index in [1.54, 1.807) is 7.11 Å². The number of carbonyl (C=O) groups excluding carboxylic acids is 1. The summed E-state index contributed by atoms with van der Waals surface area (Å²) in [7, 11) is 1.62. The SMILES string of the molecule is COc1cc(C)c(OC(C)=O)cc1CC(C)N.Cl. The lowest BCUT2D eigenvalue weighted by atomic mass is 10.0. The molecule has 0 aliphatic carbocycles. The van der Waals surface area contributed by atoms with Crippen LogP contribution in [0.4, 0.5) is 0 Å².